The van der Waals surface area contributed by atoms with Crippen LogP contribution in [0.25, 0.3) is 0 Å². The summed E-state index contributed by atoms with van der Waals surface area (Å²) in [6.07, 6.45) is 0.852. The number of carbonyl (C=O) groups is 2. The maximum atomic E-state index is 11.9. The minimum atomic E-state index is -1.18. The molecule has 6 heteroatoms. The van der Waals surface area contributed by atoms with Crippen molar-refractivity contribution in [3.05, 3.63) is 23.8 Å². The standard InChI is InChI=1S/C16H21NO5/c1-3-7-22-15-11(5-4-6-13(15)21-2)9-17-10-12(16(19)20)8-14(17)18/h4-6,12H,3,7-10H2,1-2H3,(H,19,20)/p-1/t12-/m0/s1. The molecule has 6 nitrogen and oxygen atoms in total. The zero-order chi connectivity index (χ0) is 16.1. The quantitative estimate of drug-likeness (QED) is 0.736. The molecular weight excluding hydrogens is 286 g/mol. The van der Waals surface area contributed by atoms with Crippen LogP contribution in [0.15, 0.2) is 18.2 Å². The molecule has 1 aromatic rings. The summed E-state index contributed by atoms with van der Waals surface area (Å²) < 4.78 is 11.0. The highest BCUT2D eigenvalue weighted by Crippen LogP contribution is 2.33. The van der Waals surface area contributed by atoms with Crippen molar-refractivity contribution in [1.29, 1.82) is 0 Å². The summed E-state index contributed by atoms with van der Waals surface area (Å²) in [5.41, 5.74) is 0.806. The van der Waals surface area contributed by atoms with Crippen LogP contribution in [0.4, 0.5) is 0 Å². The van der Waals surface area contributed by atoms with E-state index in [4.69, 9.17) is 9.47 Å². The van der Waals surface area contributed by atoms with Crippen LogP contribution in [0.5, 0.6) is 11.5 Å². The second-order valence-electron chi connectivity index (χ2n) is 5.29. The SMILES string of the molecule is CCCOc1c(CN2C[C@@H](C(=O)[O-])CC2=O)cccc1OC. The fraction of sp³-hybridized carbons (Fsp3) is 0.500. The van der Waals surface area contributed by atoms with Crippen molar-refractivity contribution in [1.82, 2.24) is 4.90 Å². The lowest BCUT2D eigenvalue weighted by Crippen LogP contribution is -2.33. The van der Waals surface area contributed by atoms with Crippen molar-refractivity contribution in [2.75, 3.05) is 20.3 Å². The van der Waals surface area contributed by atoms with E-state index in [9.17, 15) is 14.7 Å². The zero-order valence-electron chi connectivity index (χ0n) is 12.8. The lowest BCUT2D eigenvalue weighted by atomic mass is 10.1. The Morgan fingerprint density at radius 3 is 2.82 bits per heavy atom. The topological polar surface area (TPSA) is 78.9 Å². The van der Waals surface area contributed by atoms with Gasteiger partial charge in [-0.1, -0.05) is 19.1 Å². The molecule has 0 aliphatic carbocycles. The fourth-order valence-corrected chi connectivity index (χ4v) is 2.50. The van der Waals surface area contributed by atoms with Crippen molar-refractivity contribution in [3.63, 3.8) is 0 Å². The Bertz CT molecular complexity index is 557. The molecule has 2 rings (SSSR count). The molecule has 1 aromatic carbocycles. The van der Waals surface area contributed by atoms with Crippen molar-refractivity contribution >= 4 is 11.9 Å². The predicted octanol–water partition coefficient (Wildman–Crippen LogP) is 0.582. The number of amides is 1. The number of rotatable bonds is 7. The molecule has 0 aromatic heterocycles. The second kappa shape index (κ2) is 7.15. The number of methoxy groups -OCH3 is 1. The first-order valence-electron chi connectivity index (χ1n) is 7.34. The third-order valence-corrected chi connectivity index (χ3v) is 3.64. The molecule has 1 heterocycles. The van der Waals surface area contributed by atoms with Crippen LogP contribution < -0.4 is 14.6 Å². The number of benzene rings is 1. The number of hydrogen-bond acceptors (Lipinski definition) is 5. The van der Waals surface area contributed by atoms with E-state index in [1.807, 2.05) is 19.1 Å². The van der Waals surface area contributed by atoms with Gasteiger partial charge in [-0.2, -0.15) is 0 Å². The second-order valence-corrected chi connectivity index (χ2v) is 5.29. The van der Waals surface area contributed by atoms with Gasteiger partial charge in [0.2, 0.25) is 5.91 Å². The van der Waals surface area contributed by atoms with E-state index in [0.717, 1.165) is 12.0 Å². The Kier molecular flexibility index (Phi) is 5.25. The van der Waals surface area contributed by atoms with E-state index in [1.54, 1.807) is 13.2 Å². The van der Waals surface area contributed by atoms with E-state index in [1.165, 1.54) is 4.90 Å². The van der Waals surface area contributed by atoms with Gasteiger partial charge in [-0.3, -0.25) is 4.79 Å². The fourth-order valence-electron chi connectivity index (χ4n) is 2.50. The Morgan fingerprint density at radius 1 is 1.45 bits per heavy atom. The van der Waals surface area contributed by atoms with Gasteiger partial charge in [0, 0.05) is 37.0 Å². The first-order valence-corrected chi connectivity index (χ1v) is 7.34. The molecule has 22 heavy (non-hydrogen) atoms. The molecule has 1 saturated heterocycles. The Morgan fingerprint density at radius 2 is 2.23 bits per heavy atom. The third-order valence-electron chi connectivity index (χ3n) is 3.64. The maximum Gasteiger partial charge on any atom is 0.223 e. The van der Waals surface area contributed by atoms with Gasteiger partial charge in [0.1, 0.15) is 0 Å². The molecule has 0 N–H and O–H groups in total. The maximum absolute atomic E-state index is 11.9. The minimum Gasteiger partial charge on any atom is -0.550 e. The lowest BCUT2D eigenvalue weighted by Gasteiger charge is -2.20. The van der Waals surface area contributed by atoms with E-state index < -0.39 is 11.9 Å². The molecule has 120 valence electrons. The highest BCUT2D eigenvalue weighted by molar-refractivity contribution is 5.85. The highest BCUT2D eigenvalue weighted by Gasteiger charge is 2.31. The lowest BCUT2D eigenvalue weighted by molar-refractivity contribution is -0.311. The summed E-state index contributed by atoms with van der Waals surface area (Å²) in [5.74, 6) is -0.883. The van der Waals surface area contributed by atoms with Gasteiger partial charge in [-0.05, 0) is 12.5 Å². The Labute approximate surface area is 129 Å². The first kappa shape index (κ1) is 16.1. The number of hydrogen-bond donors (Lipinski definition) is 0. The summed E-state index contributed by atoms with van der Waals surface area (Å²) in [5, 5.41) is 10.9. The number of likely N-dealkylation sites (tertiary alicyclic amines) is 1. The van der Waals surface area contributed by atoms with Gasteiger partial charge >= 0.3 is 0 Å². The number of carbonyl (C=O) groups excluding carboxylic acids is 2. The summed E-state index contributed by atoms with van der Waals surface area (Å²) in [7, 11) is 1.56. The Balaban J connectivity index is 2.18. The smallest absolute Gasteiger partial charge is 0.223 e. The number of carboxylic acids is 1. The molecule has 1 aliphatic rings. The molecule has 0 bridgehead atoms. The predicted molar refractivity (Wildman–Crippen MR) is 77.3 cm³/mol. The first-order chi connectivity index (χ1) is 10.6. The molecule has 0 unspecified atom stereocenters. The van der Waals surface area contributed by atoms with Gasteiger partial charge in [-0.25, -0.2) is 0 Å². The monoisotopic (exact) mass is 306 g/mol. The van der Waals surface area contributed by atoms with Crippen LogP contribution in [-0.4, -0.2) is 37.0 Å². The number of para-hydroxylation sites is 1. The molecule has 1 atom stereocenters. The van der Waals surface area contributed by atoms with Crippen LogP contribution in [0.2, 0.25) is 0 Å². The number of aliphatic carboxylic acids is 1. The van der Waals surface area contributed by atoms with Crippen molar-refractivity contribution in [2.45, 2.75) is 26.3 Å². The Hall–Kier alpha value is -2.24. The zero-order valence-corrected chi connectivity index (χ0v) is 12.8. The highest BCUT2D eigenvalue weighted by atomic mass is 16.5. The molecule has 1 aliphatic heterocycles. The van der Waals surface area contributed by atoms with E-state index >= 15 is 0 Å². The molecule has 0 radical (unpaired) electrons. The van der Waals surface area contributed by atoms with E-state index in [2.05, 4.69) is 0 Å². The van der Waals surface area contributed by atoms with E-state index in [0.29, 0.717) is 24.7 Å². The van der Waals surface area contributed by atoms with Crippen LogP contribution in [0, 0.1) is 5.92 Å². The van der Waals surface area contributed by atoms with Crippen molar-refractivity contribution in [2.24, 2.45) is 5.92 Å². The minimum absolute atomic E-state index is 0.00253. The van der Waals surface area contributed by atoms with Crippen LogP contribution in [0.1, 0.15) is 25.3 Å². The normalized spacial score (nSPS) is 17.6. The van der Waals surface area contributed by atoms with Crippen molar-refractivity contribution < 1.29 is 24.2 Å². The van der Waals surface area contributed by atoms with Gasteiger partial charge in [-0.15, -0.1) is 0 Å². The largest absolute Gasteiger partial charge is 0.550 e. The van der Waals surface area contributed by atoms with Crippen LogP contribution in [-0.2, 0) is 16.1 Å². The average Bonchev–Trinajstić information content (AvgIpc) is 2.87. The van der Waals surface area contributed by atoms with E-state index in [-0.39, 0.29) is 18.9 Å². The number of nitrogens with zero attached hydrogens (tertiary/aromatic N) is 1. The summed E-state index contributed by atoms with van der Waals surface area (Å²) in [4.78, 5) is 24.4. The molecular formula is C16H20NO5-. The van der Waals surface area contributed by atoms with Crippen LogP contribution in [0.3, 0.4) is 0 Å². The van der Waals surface area contributed by atoms with Crippen molar-refractivity contribution in [3.8, 4) is 11.5 Å². The molecule has 1 amide bonds. The summed E-state index contributed by atoms with van der Waals surface area (Å²) >= 11 is 0. The molecule has 0 spiro atoms. The third kappa shape index (κ3) is 3.50. The molecule has 0 saturated carbocycles. The number of ether oxygens (including phenoxy) is 2. The van der Waals surface area contributed by atoms with Gasteiger partial charge < -0.3 is 24.3 Å². The summed E-state index contributed by atoms with van der Waals surface area (Å²) in [6, 6.07) is 5.47. The van der Waals surface area contributed by atoms with Crippen LogP contribution >= 0.6 is 0 Å². The van der Waals surface area contributed by atoms with Gasteiger partial charge in [0.05, 0.1) is 13.7 Å². The average molecular weight is 306 g/mol. The van der Waals surface area contributed by atoms with Gasteiger partial charge in [0.25, 0.3) is 0 Å². The van der Waals surface area contributed by atoms with Gasteiger partial charge in [0.15, 0.2) is 11.5 Å². The molecule has 1 fully saturated rings. The number of carboxylic acid groups (broad SMARTS) is 1. The summed E-state index contributed by atoms with van der Waals surface area (Å²) in [6.45, 7) is 3.02.